The Balaban J connectivity index is 3.77. The van der Waals surface area contributed by atoms with Crippen molar-refractivity contribution in [2.75, 3.05) is 0 Å². The van der Waals surface area contributed by atoms with E-state index < -0.39 is 12.0 Å². The Morgan fingerprint density at radius 3 is 2.58 bits per heavy atom. The summed E-state index contributed by atoms with van der Waals surface area (Å²) in [4.78, 5) is 10.6. The van der Waals surface area contributed by atoms with Gasteiger partial charge in [0.25, 0.3) is 0 Å². The fourth-order valence-electron chi connectivity index (χ4n) is 1.25. The molecule has 0 spiro atoms. The van der Waals surface area contributed by atoms with E-state index in [1.54, 1.807) is 0 Å². The summed E-state index contributed by atoms with van der Waals surface area (Å²) in [5.41, 5.74) is 0. The number of hydrogen-bond donors (Lipinski definition) is 2. The van der Waals surface area contributed by atoms with E-state index in [1.165, 1.54) is 0 Å². The lowest BCUT2D eigenvalue weighted by Crippen LogP contribution is -2.31. The number of carboxylic acids is 1. The third kappa shape index (κ3) is 4.68. The predicted molar refractivity (Wildman–Crippen MR) is 53.0 cm³/mol. The van der Waals surface area contributed by atoms with Gasteiger partial charge in [-0.1, -0.05) is 36.1 Å². The molecule has 72 valence electrons. The van der Waals surface area contributed by atoms with Crippen molar-refractivity contribution in [3.63, 3.8) is 0 Å². The minimum absolute atomic E-state index is 0.420. The molecular formula is C8H18NO2P. The van der Waals surface area contributed by atoms with Gasteiger partial charge in [0.05, 0.1) is 0 Å². The second-order valence-electron chi connectivity index (χ2n) is 3.19. The summed E-state index contributed by atoms with van der Waals surface area (Å²) in [5.74, 6) is -0.294. The van der Waals surface area contributed by atoms with E-state index >= 15 is 0 Å². The molecule has 12 heavy (non-hydrogen) atoms. The average Bonchev–Trinajstić information content (AvgIpc) is 2.00. The first-order chi connectivity index (χ1) is 5.61. The molecule has 0 heterocycles. The van der Waals surface area contributed by atoms with Crippen LogP contribution >= 0.6 is 9.39 Å². The molecule has 0 amide bonds. The number of nitrogens with one attached hydrogen (secondary N) is 1. The van der Waals surface area contributed by atoms with Gasteiger partial charge in [-0.25, -0.2) is 0 Å². The zero-order chi connectivity index (χ0) is 9.56. The molecule has 0 rings (SSSR count). The molecule has 0 aliphatic carbocycles. The summed E-state index contributed by atoms with van der Waals surface area (Å²) < 4.78 is 0. The van der Waals surface area contributed by atoms with Gasteiger partial charge in [-0.05, 0) is 12.3 Å². The second-order valence-corrected chi connectivity index (χ2v) is 3.52. The Hall–Kier alpha value is -0.140. The molecule has 2 N–H and O–H groups in total. The summed E-state index contributed by atoms with van der Waals surface area (Å²) in [7, 11) is 2.26. The first-order valence-corrected chi connectivity index (χ1v) is 4.88. The molecule has 3 unspecified atom stereocenters. The van der Waals surface area contributed by atoms with Crippen molar-refractivity contribution in [1.82, 2.24) is 5.09 Å². The van der Waals surface area contributed by atoms with Crippen LogP contribution in [-0.4, -0.2) is 17.1 Å². The van der Waals surface area contributed by atoms with Crippen LogP contribution in [0.25, 0.3) is 0 Å². The largest absolute Gasteiger partial charge is 0.480 e. The predicted octanol–water partition coefficient (Wildman–Crippen LogP) is 1.65. The Bertz CT molecular complexity index is 141. The van der Waals surface area contributed by atoms with Gasteiger partial charge < -0.3 is 5.11 Å². The second kappa shape index (κ2) is 6.38. The highest BCUT2D eigenvalue weighted by Gasteiger charge is 2.17. The normalized spacial score (nSPS) is 15.6. The van der Waals surface area contributed by atoms with Crippen LogP contribution in [0.15, 0.2) is 0 Å². The summed E-state index contributed by atoms with van der Waals surface area (Å²) in [6, 6.07) is -0.420. The van der Waals surface area contributed by atoms with Gasteiger partial charge in [0.15, 0.2) is 0 Å². The van der Waals surface area contributed by atoms with Crippen molar-refractivity contribution in [1.29, 1.82) is 0 Å². The first-order valence-electron chi connectivity index (χ1n) is 4.30. The van der Waals surface area contributed by atoms with E-state index in [-0.39, 0.29) is 0 Å². The third-order valence-corrected chi connectivity index (χ3v) is 2.32. The number of rotatable bonds is 6. The molecule has 0 aromatic heterocycles. The van der Waals surface area contributed by atoms with Crippen LogP contribution in [0.2, 0.25) is 0 Å². The Morgan fingerprint density at radius 2 is 2.25 bits per heavy atom. The van der Waals surface area contributed by atoms with Gasteiger partial charge in [0, 0.05) is 0 Å². The number of aliphatic carboxylic acids is 1. The molecule has 0 saturated carbocycles. The smallest absolute Gasteiger partial charge is 0.320 e. The van der Waals surface area contributed by atoms with Gasteiger partial charge >= 0.3 is 5.97 Å². The maximum absolute atomic E-state index is 10.6. The van der Waals surface area contributed by atoms with Crippen molar-refractivity contribution in [3.8, 4) is 0 Å². The molecular weight excluding hydrogens is 173 g/mol. The van der Waals surface area contributed by atoms with Gasteiger partial charge in [-0.2, -0.15) is 0 Å². The lowest BCUT2D eigenvalue weighted by Gasteiger charge is -2.15. The van der Waals surface area contributed by atoms with Crippen LogP contribution in [0.5, 0.6) is 0 Å². The van der Waals surface area contributed by atoms with Gasteiger partial charge in [-0.15, -0.1) is 0 Å². The minimum Gasteiger partial charge on any atom is -0.480 e. The molecule has 0 aromatic rings. The Morgan fingerprint density at radius 1 is 1.67 bits per heavy atom. The average molecular weight is 191 g/mol. The Labute approximate surface area is 76.2 Å². The minimum atomic E-state index is -0.770. The van der Waals surface area contributed by atoms with Crippen molar-refractivity contribution < 1.29 is 9.90 Å². The third-order valence-electron chi connectivity index (χ3n) is 1.92. The van der Waals surface area contributed by atoms with E-state index in [4.69, 9.17) is 5.11 Å². The molecule has 4 heteroatoms. The van der Waals surface area contributed by atoms with E-state index in [0.29, 0.717) is 12.3 Å². The van der Waals surface area contributed by atoms with Gasteiger partial charge in [0.1, 0.15) is 6.04 Å². The summed E-state index contributed by atoms with van der Waals surface area (Å²) in [6.07, 6.45) is 2.91. The molecule has 0 fully saturated rings. The number of carbonyl (C=O) groups is 1. The number of hydrogen-bond acceptors (Lipinski definition) is 2. The zero-order valence-electron chi connectivity index (χ0n) is 7.71. The van der Waals surface area contributed by atoms with E-state index in [1.807, 2.05) is 0 Å². The SMILES string of the molecule is CCCC(C)CC(NP)C(=O)O. The first kappa shape index (κ1) is 11.9. The van der Waals surface area contributed by atoms with E-state index in [2.05, 4.69) is 28.3 Å². The van der Waals surface area contributed by atoms with Crippen molar-refractivity contribution in [2.45, 2.75) is 39.2 Å². The molecule has 3 atom stereocenters. The van der Waals surface area contributed by atoms with E-state index in [9.17, 15) is 4.79 Å². The van der Waals surface area contributed by atoms with Gasteiger partial charge in [0.2, 0.25) is 0 Å². The molecule has 0 aliphatic rings. The summed E-state index contributed by atoms with van der Waals surface area (Å²) in [6.45, 7) is 4.20. The van der Waals surface area contributed by atoms with Crippen molar-refractivity contribution in [3.05, 3.63) is 0 Å². The van der Waals surface area contributed by atoms with Crippen LogP contribution in [0.1, 0.15) is 33.1 Å². The highest BCUT2D eigenvalue weighted by Crippen LogP contribution is 2.13. The van der Waals surface area contributed by atoms with Crippen LogP contribution in [0.4, 0.5) is 0 Å². The van der Waals surface area contributed by atoms with Crippen LogP contribution in [-0.2, 0) is 4.79 Å². The maximum atomic E-state index is 10.6. The fraction of sp³-hybridized carbons (Fsp3) is 0.875. The maximum Gasteiger partial charge on any atom is 0.320 e. The molecule has 0 radical (unpaired) electrons. The quantitative estimate of drug-likeness (QED) is 0.627. The highest BCUT2D eigenvalue weighted by atomic mass is 31.0. The van der Waals surface area contributed by atoms with Crippen LogP contribution in [0.3, 0.4) is 0 Å². The van der Waals surface area contributed by atoms with Crippen LogP contribution < -0.4 is 5.09 Å². The fourth-order valence-corrected chi connectivity index (χ4v) is 1.53. The number of carboxylic acid groups (broad SMARTS) is 1. The lowest BCUT2D eigenvalue weighted by molar-refractivity contribution is -0.139. The highest BCUT2D eigenvalue weighted by molar-refractivity contribution is 7.13. The van der Waals surface area contributed by atoms with E-state index in [0.717, 1.165) is 12.8 Å². The molecule has 0 bridgehead atoms. The zero-order valence-corrected chi connectivity index (χ0v) is 8.86. The summed E-state index contributed by atoms with van der Waals surface area (Å²) >= 11 is 0. The van der Waals surface area contributed by atoms with Crippen LogP contribution in [0, 0.1) is 5.92 Å². The molecule has 0 aromatic carbocycles. The van der Waals surface area contributed by atoms with Crippen molar-refractivity contribution >= 4 is 15.4 Å². The molecule has 3 nitrogen and oxygen atoms in total. The van der Waals surface area contributed by atoms with Gasteiger partial charge in [-0.3, -0.25) is 9.88 Å². The monoisotopic (exact) mass is 191 g/mol. The Kier molecular flexibility index (Phi) is 6.31. The topological polar surface area (TPSA) is 49.3 Å². The molecule has 0 aliphatic heterocycles. The standard InChI is InChI=1S/C8H18NO2P/c1-3-4-6(2)5-7(9-12)8(10)11/h6-7,9H,3-5,12H2,1-2H3,(H,10,11). The van der Waals surface area contributed by atoms with Crippen molar-refractivity contribution in [2.24, 2.45) is 5.92 Å². The molecule has 0 saturated heterocycles. The summed E-state index contributed by atoms with van der Waals surface area (Å²) in [5, 5.41) is 11.4. The lowest BCUT2D eigenvalue weighted by atomic mass is 9.98.